The zero-order valence-electron chi connectivity index (χ0n) is 9.65. The molecule has 0 saturated carbocycles. The largest absolute Gasteiger partial charge is 0.361 e. The molecule has 0 radical (unpaired) electrons. The van der Waals surface area contributed by atoms with E-state index in [2.05, 4.69) is 15.2 Å². The minimum Gasteiger partial charge on any atom is -0.361 e. The van der Waals surface area contributed by atoms with Crippen molar-refractivity contribution in [2.24, 2.45) is 0 Å². The Balaban J connectivity index is 2.54. The molecule has 7 heteroatoms. The van der Waals surface area contributed by atoms with Gasteiger partial charge in [-0.05, 0) is 20.9 Å². The summed E-state index contributed by atoms with van der Waals surface area (Å²) in [5, 5.41) is 6.05. The highest BCUT2D eigenvalue weighted by Gasteiger charge is 2.19. The Morgan fingerprint density at radius 3 is 2.75 bits per heavy atom. The van der Waals surface area contributed by atoms with Gasteiger partial charge in [0.25, 0.3) is 0 Å². The molecule has 1 atom stereocenters. The first-order valence-electron chi connectivity index (χ1n) is 5.01. The summed E-state index contributed by atoms with van der Waals surface area (Å²) < 4.78 is 30.7. The van der Waals surface area contributed by atoms with Crippen molar-refractivity contribution in [2.45, 2.75) is 25.6 Å². The monoisotopic (exact) mass is 247 g/mol. The molecule has 92 valence electrons. The molecule has 1 aromatic rings. The van der Waals surface area contributed by atoms with Gasteiger partial charge in [0.2, 0.25) is 10.0 Å². The van der Waals surface area contributed by atoms with Gasteiger partial charge in [0.1, 0.15) is 5.76 Å². The van der Waals surface area contributed by atoms with E-state index >= 15 is 0 Å². The maximum atomic E-state index is 11.7. The standard InChI is InChI=1S/C9H17N3O3S/c1-7-4-9(12-15-7)6-11-16(13,14)8(2)5-10-3/h4,8,10-11H,5-6H2,1-3H3. The summed E-state index contributed by atoms with van der Waals surface area (Å²) in [7, 11) is -1.59. The van der Waals surface area contributed by atoms with Gasteiger partial charge in [-0.25, -0.2) is 13.1 Å². The van der Waals surface area contributed by atoms with E-state index in [1.54, 1.807) is 27.0 Å². The van der Waals surface area contributed by atoms with Gasteiger partial charge >= 0.3 is 0 Å². The summed E-state index contributed by atoms with van der Waals surface area (Å²) in [6.07, 6.45) is 0. The lowest BCUT2D eigenvalue weighted by molar-refractivity contribution is 0.390. The van der Waals surface area contributed by atoms with Crippen molar-refractivity contribution < 1.29 is 12.9 Å². The fourth-order valence-corrected chi connectivity index (χ4v) is 2.23. The van der Waals surface area contributed by atoms with E-state index in [0.717, 1.165) is 0 Å². The first-order valence-corrected chi connectivity index (χ1v) is 6.55. The number of nitrogens with zero attached hydrogens (tertiary/aromatic N) is 1. The number of aromatic nitrogens is 1. The maximum Gasteiger partial charge on any atom is 0.215 e. The van der Waals surface area contributed by atoms with E-state index in [-0.39, 0.29) is 6.54 Å². The zero-order chi connectivity index (χ0) is 12.2. The molecular formula is C9H17N3O3S. The summed E-state index contributed by atoms with van der Waals surface area (Å²) in [5.74, 6) is 0.664. The SMILES string of the molecule is CNCC(C)S(=O)(=O)NCc1cc(C)on1. The van der Waals surface area contributed by atoms with Gasteiger partial charge in [-0.3, -0.25) is 0 Å². The zero-order valence-corrected chi connectivity index (χ0v) is 10.5. The van der Waals surface area contributed by atoms with Gasteiger partial charge in [-0.15, -0.1) is 0 Å². The number of hydrogen-bond donors (Lipinski definition) is 2. The van der Waals surface area contributed by atoms with Crippen molar-refractivity contribution >= 4 is 10.0 Å². The maximum absolute atomic E-state index is 11.7. The molecule has 1 unspecified atom stereocenters. The number of rotatable bonds is 6. The fraction of sp³-hybridized carbons (Fsp3) is 0.667. The molecule has 0 aliphatic heterocycles. The second kappa shape index (κ2) is 5.42. The third-order valence-electron chi connectivity index (χ3n) is 2.15. The lowest BCUT2D eigenvalue weighted by Gasteiger charge is -2.12. The molecule has 0 aliphatic rings. The molecule has 16 heavy (non-hydrogen) atoms. The first kappa shape index (κ1) is 13.1. The van der Waals surface area contributed by atoms with Crippen LogP contribution in [-0.2, 0) is 16.6 Å². The Hall–Kier alpha value is -0.920. The highest BCUT2D eigenvalue weighted by Crippen LogP contribution is 2.03. The predicted molar refractivity (Wildman–Crippen MR) is 60.4 cm³/mol. The summed E-state index contributed by atoms with van der Waals surface area (Å²) in [6.45, 7) is 3.97. The van der Waals surface area contributed by atoms with Crippen molar-refractivity contribution in [3.8, 4) is 0 Å². The van der Waals surface area contributed by atoms with E-state index in [1.807, 2.05) is 0 Å². The van der Waals surface area contributed by atoms with E-state index in [1.165, 1.54) is 0 Å². The summed E-state index contributed by atoms with van der Waals surface area (Å²) in [4.78, 5) is 0. The summed E-state index contributed by atoms with van der Waals surface area (Å²) in [6, 6.07) is 1.70. The number of sulfonamides is 1. The lowest BCUT2D eigenvalue weighted by atomic mass is 10.4. The predicted octanol–water partition coefficient (Wildman–Crippen LogP) is 0.0103. The number of nitrogens with one attached hydrogen (secondary N) is 2. The van der Waals surface area contributed by atoms with Crippen LogP contribution in [0.25, 0.3) is 0 Å². The Kier molecular flexibility index (Phi) is 4.45. The van der Waals surface area contributed by atoms with Gasteiger partial charge in [-0.1, -0.05) is 5.16 Å². The molecule has 1 aromatic heterocycles. The highest BCUT2D eigenvalue weighted by molar-refractivity contribution is 7.90. The molecule has 0 bridgehead atoms. The van der Waals surface area contributed by atoms with Crippen LogP contribution in [0.2, 0.25) is 0 Å². The molecule has 0 amide bonds. The smallest absolute Gasteiger partial charge is 0.215 e. The average Bonchev–Trinajstić information content (AvgIpc) is 2.62. The van der Waals surface area contributed by atoms with E-state index in [4.69, 9.17) is 4.52 Å². The number of hydrogen-bond acceptors (Lipinski definition) is 5. The van der Waals surface area contributed by atoms with Crippen LogP contribution in [0.15, 0.2) is 10.6 Å². The Morgan fingerprint density at radius 2 is 2.25 bits per heavy atom. The molecule has 0 fully saturated rings. The second-order valence-corrected chi connectivity index (χ2v) is 5.85. The molecular weight excluding hydrogens is 230 g/mol. The first-order chi connectivity index (χ1) is 7.45. The Labute approximate surface area is 95.4 Å². The van der Waals surface area contributed by atoms with Gasteiger partial charge in [0.15, 0.2) is 0 Å². The van der Waals surface area contributed by atoms with Gasteiger partial charge in [-0.2, -0.15) is 0 Å². The topological polar surface area (TPSA) is 84.2 Å². The average molecular weight is 247 g/mol. The number of aryl methyl sites for hydroxylation is 1. The van der Waals surface area contributed by atoms with Crippen molar-refractivity contribution in [1.29, 1.82) is 0 Å². The van der Waals surface area contributed by atoms with Crippen molar-refractivity contribution in [1.82, 2.24) is 15.2 Å². The third-order valence-corrected chi connectivity index (χ3v) is 3.93. The summed E-state index contributed by atoms with van der Waals surface area (Å²) in [5.41, 5.74) is 0.581. The molecule has 6 nitrogen and oxygen atoms in total. The van der Waals surface area contributed by atoms with Gasteiger partial charge in [0, 0.05) is 12.6 Å². The third kappa shape index (κ3) is 3.58. The van der Waals surface area contributed by atoms with Crippen LogP contribution in [0.1, 0.15) is 18.4 Å². The van der Waals surface area contributed by atoms with E-state index in [0.29, 0.717) is 18.0 Å². The Bertz CT molecular complexity index is 427. The van der Waals surface area contributed by atoms with Crippen LogP contribution < -0.4 is 10.0 Å². The van der Waals surface area contributed by atoms with E-state index < -0.39 is 15.3 Å². The molecule has 0 spiro atoms. The quantitative estimate of drug-likeness (QED) is 0.740. The molecule has 0 aliphatic carbocycles. The summed E-state index contributed by atoms with van der Waals surface area (Å²) >= 11 is 0. The normalized spacial score (nSPS) is 13.9. The van der Waals surface area contributed by atoms with Crippen molar-refractivity contribution in [3.05, 3.63) is 17.5 Å². The second-order valence-electron chi connectivity index (χ2n) is 3.66. The van der Waals surface area contributed by atoms with Crippen molar-refractivity contribution in [2.75, 3.05) is 13.6 Å². The van der Waals surface area contributed by atoms with Crippen LogP contribution in [0, 0.1) is 6.92 Å². The molecule has 0 saturated heterocycles. The molecule has 0 aromatic carbocycles. The minimum atomic E-state index is -3.31. The Morgan fingerprint density at radius 1 is 1.56 bits per heavy atom. The molecule has 1 rings (SSSR count). The minimum absolute atomic E-state index is 0.160. The molecule has 1 heterocycles. The van der Waals surface area contributed by atoms with E-state index in [9.17, 15) is 8.42 Å². The lowest BCUT2D eigenvalue weighted by Crippen LogP contribution is -2.37. The van der Waals surface area contributed by atoms with Crippen LogP contribution in [0.4, 0.5) is 0 Å². The van der Waals surface area contributed by atoms with Gasteiger partial charge < -0.3 is 9.84 Å². The molecule has 2 N–H and O–H groups in total. The van der Waals surface area contributed by atoms with Crippen LogP contribution in [-0.4, -0.2) is 32.4 Å². The van der Waals surface area contributed by atoms with Crippen LogP contribution in [0.3, 0.4) is 0 Å². The van der Waals surface area contributed by atoms with Crippen LogP contribution >= 0.6 is 0 Å². The fourth-order valence-electron chi connectivity index (χ4n) is 1.22. The van der Waals surface area contributed by atoms with Crippen molar-refractivity contribution in [3.63, 3.8) is 0 Å². The highest BCUT2D eigenvalue weighted by atomic mass is 32.2. The van der Waals surface area contributed by atoms with Gasteiger partial charge in [0.05, 0.1) is 17.5 Å². The van der Waals surface area contributed by atoms with Crippen LogP contribution in [0.5, 0.6) is 0 Å².